The number of ether oxygens (including phenoxy) is 1. The van der Waals surface area contributed by atoms with E-state index in [1.54, 1.807) is 0 Å². The van der Waals surface area contributed by atoms with Crippen molar-refractivity contribution in [3.8, 4) is 5.75 Å². The van der Waals surface area contributed by atoms with E-state index >= 15 is 0 Å². The Labute approximate surface area is 199 Å². The fourth-order valence-electron chi connectivity index (χ4n) is 5.06. The summed E-state index contributed by atoms with van der Waals surface area (Å²) in [4.78, 5) is 18.3. The number of hydrogen-bond acceptors (Lipinski definition) is 4. The third kappa shape index (κ3) is 6.29. The maximum atomic E-state index is 13.8. The Balaban J connectivity index is 1.64. The molecule has 4 rings (SSSR count). The molecule has 0 aromatic heterocycles. The molecule has 1 saturated heterocycles. The highest BCUT2D eigenvalue weighted by molar-refractivity contribution is 5.77. The molecule has 1 atom stereocenters. The summed E-state index contributed by atoms with van der Waals surface area (Å²) >= 11 is 0. The summed E-state index contributed by atoms with van der Waals surface area (Å²) < 4.78 is 6.38. The maximum Gasteiger partial charge on any atom is 0.223 e. The van der Waals surface area contributed by atoms with Crippen molar-refractivity contribution >= 4 is 11.6 Å². The van der Waals surface area contributed by atoms with Crippen molar-refractivity contribution in [2.24, 2.45) is 11.8 Å². The summed E-state index contributed by atoms with van der Waals surface area (Å²) in [5, 5.41) is 3.59. The number of likely N-dealkylation sites (tertiary alicyclic amines) is 1. The summed E-state index contributed by atoms with van der Waals surface area (Å²) in [6, 6.07) is 16.7. The third-order valence-corrected chi connectivity index (χ3v) is 7.04. The van der Waals surface area contributed by atoms with Gasteiger partial charge in [-0.2, -0.15) is 0 Å². The van der Waals surface area contributed by atoms with Crippen molar-refractivity contribution in [3.05, 3.63) is 59.7 Å². The van der Waals surface area contributed by atoms with Crippen molar-refractivity contribution in [3.63, 3.8) is 0 Å². The molecule has 1 fully saturated rings. The number of amides is 1. The molecule has 1 amide bonds. The number of carbonyl (C=O) groups is 1. The second kappa shape index (κ2) is 11.1. The van der Waals surface area contributed by atoms with Crippen LogP contribution < -0.4 is 10.1 Å². The van der Waals surface area contributed by atoms with Crippen LogP contribution in [0, 0.1) is 11.8 Å². The molecule has 2 aromatic carbocycles. The Morgan fingerprint density at radius 3 is 2.52 bits per heavy atom. The number of hydrogen-bond donors (Lipinski definition) is 1. The molecule has 33 heavy (non-hydrogen) atoms. The first-order valence-electron chi connectivity index (χ1n) is 12.5. The van der Waals surface area contributed by atoms with Gasteiger partial charge in [-0.05, 0) is 68.9 Å². The SMILES string of the molecule is CC(C)C[C@H]1COc2ccccc2CNc2ccccc2CN1C(=O)CC1CCN(C)CC1. The van der Waals surface area contributed by atoms with Gasteiger partial charge >= 0.3 is 0 Å². The van der Waals surface area contributed by atoms with Gasteiger partial charge in [0, 0.05) is 30.8 Å². The van der Waals surface area contributed by atoms with Crippen LogP contribution >= 0.6 is 0 Å². The van der Waals surface area contributed by atoms with E-state index < -0.39 is 0 Å². The lowest BCUT2D eigenvalue weighted by molar-refractivity contribution is -0.136. The number of para-hydroxylation sites is 2. The molecule has 0 saturated carbocycles. The van der Waals surface area contributed by atoms with E-state index in [9.17, 15) is 4.79 Å². The molecule has 0 radical (unpaired) electrons. The first-order chi connectivity index (χ1) is 16.0. The Kier molecular flexibility index (Phi) is 7.92. The predicted octanol–water partition coefficient (Wildman–Crippen LogP) is 5.17. The molecule has 2 aliphatic rings. The third-order valence-electron chi connectivity index (χ3n) is 7.04. The van der Waals surface area contributed by atoms with Crippen LogP contribution in [0.15, 0.2) is 48.5 Å². The van der Waals surface area contributed by atoms with E-state index in [1.807, 2.05) is 12.1 Å². The number of rotatable bonds is 4. The quantitative estimate of drug-likeness (QED) is 0.700. The van der Waals surface area contributed by atoms with Crippen molar-refractivity contribution in [2.45, 2.75) is 58.7 Å². The predicted molar refractivity (Wildman–Crippen MR) is 134 cm³/mol. The lowest BCUT2D eigenvalue weighted by Gasteiger charge is -2.35. The maximum absolute atomic E-state index is 13.8. The fraction of sp³-hybridized carbons (Fsp3) is 0.536. The highest BCUT2D eigenvalue weighted by atomic mass is 16.5. The standard InChI is InChI=1S/C28H39N3O2/c1-21(2)16-25-20-33-27-11-7-5-8-23(27)18-29-26-10-6-4-9-24(26)19-31(25)28(32)17-22-12-14-30(3)15-13-22/h4-11,21-22,25,29H,12-20H2,1-3H3/t25-/m0/s1. The molecule has 0 spiro atoms. The highest BCUT2D eigenvalue weighted by Crippen LogP contribution is 2.28. The normalized spacial score (nSPS) is 20.2. The lowest BCUT2D eigenvalue weighted by atomic mass is 9.92. The van der Waals surface area contributed by atoms with Gasteiger partial charge in [-0.25, -0.2) is 0 Å². The van der Waals surface area contributed by atoms with E-state index in [1.165, 1.54) is 5.56 Å². The molecule has 5 heteroatoms. The average Bonchev–Trinajstić information content (AvgIpc) is 2.83. The summed E-state index contributed by atoms with van der Waals surface area (Å²) in [6.45, 7) is 8.47. The minimum Gasteiger partial charge on any atom is -0.491 e. The Bertz CT molecular complexity index is 921. The van der Waals surface area contributed by atoms with E-state index in [-0.39, 0.29) is 11.9 Å². The van der Waals surface area contributed by atoms with Crippen LogP contribution in [0.4, 0.5) is 5.69 Å². The number of nitrogens with zero attached hydrogens (tertiary/aromatic N) is 2. The van der Waals surface area contributed by atoms with E-state index in [0.29, 0.717) is 38.0 Å². The molecule has 2 aromatic rings. The van der Waals surface area contributed by atoms with Gasteiger partial charge in [0.15, 0.2) is 0 Å². The average molecular weight is 450 g/mol. The Morgan fingerprint density at radius 2 is 1.76 bits per heavy atom. The van der Waals surface area contributed by atoms with Gasteiger partial charge in [-0.3, -0.25) is 4.79 Å². The summed E-state index contributed by atoms with van der Waals surface area (Å²) in [5.41, 5.74) is 3.40. The topological polar surface area (TPSA) is 44.8 Å². The lowest BCUT2D eigenvalue weighted by Crippen LogP contribution is -2.45. The molecule has 0 bridgehead atoms. The van der Waals surface area contributed by atoms with Gasteiger partial charge in [0.25, 0.3) is 0 Å². The van der Waals surface area contributed by atoms with Crippen LogP contribution in [-0.2, 0) is 17.9 Å². The van der Waals surface area contributed by atoms with Gasteiger partial charge in [-0.15, -0.1) is 0 Å². The number of benzene rings is 2. The minimum absolute atomic E-state index is 0.0444. The molecule has 178 valence electrons. The van der Waals surface area contributed by atoms with Crippen LogP contribution in [0.2, 0.25) is 0 Å². The van der Waals surface area contributed by atoms with E-state index in [4.69, 9.17) is 4.74 Å². The molecule has 5 nitrogen and oxygen atoms in total. The van der Waals surface area contributed by atoms with Crippen molar-refractivity contribution in [1.29, 1.82) is 0 Å². The van der Waals surface area contributed by atoms with Crippen molar-refractivity contribution in [1.82, 2.24) is 9.80 Å². The van der Waals surface area contributed by atoms with Gasteiger partial charge < -0.3 is 19.9 Å². The Morgan fingerprint density at radius 1 is 1.06 bits per heavy atom. The van der Waals surface area contributed by atoms with Crippen molar-refractivity contribution in [2.75, 3.05) is 32.1 Å². The zero-order valence-electron chi connectivity index (χ0n) is 20.4. The zero-order chi connectivity index (χ0) is 23.2. The van der Waals surface area contributed by atoms with Crippen LogP contribution in [-0.4, -0.2) is 48.5 Å². The minimum atomic E-state index is 0.0444. The first kappa shape index (κ1) is 23.6. The zero-order valence-corrected chi connectivity index (χ0v) is 20.4. The van der Waals surface area contributed by atoms with E-state index in [2.05, 4.69) is 72.4 Å². The van der Waals surface area contributed by atoms with Crippen LogP contribution in [0.3, 0.4) is 0 Å². The molecule has 0 aliphatic carbocycles. The highest BCUT2D eigenvalue weighted by Gasteiger charge is 2.29. The second-order valence-electron chi connectivity index (χ2n) is 10.2. The van der Waals surface area contributed by atoms with Crippen LogP contribution in [0.1, 0.15) is 50.7 Å². The van der Waals surface area contributed by atoms with Gasteiger partial charge in [0.05, 0.1) is 6.04 Å². The van der Waals surface area contributed by atoms with Gasteiger partial charge in [0.1, 0.15) is 12.4 Å². The molecular formula is C28H39N3O2. The second-order valence-corrected chi connectivity index (χ2v) is 10.2. The summed E-state index contributed by atoms with van der Waals surface area (Å²) in [6.07, 6.45) is 3.77. The smallest absolute Gasteiger partial charge is 0.223 e. The molecule has 2 heterocycles. The van der Waals surface area contributed by atoms with Crippen molar-refractivity contribution < 1.29 is 9.53 Å². The molecule has 2 aliphatic heterocycles. The first-order valence-corrected chi connectivity index (χ1v) is 12.5. The molecular weight excluding hydrogens is 410 g/mol. The number of carbonyl (C=O) groups excluding carboxylic acids is 1. The Hall–Kier alpha value is -2.53. The number of piperidine rings is 1. The fourth-order valence-corrected chi connectivity index (χ4v) is 5.06. The van der Waals surface area contributed by atoms with Crippen LogP contribution in [0.5, 0.6) is 5.75 Å². The van der Waals surface area contributed by atoms with E-state index in [0.717, 1.165) is 49.4 Å². The van der Waals surface area contributed by atoms with Crippen LogP contribution in [0.25, 0.3) is 0 Å². The van der Waals surface area contributed by atoms with Gasteiger partial charge in [0.2, 0.25) is 5.91 Å². The monoisotopic (exact) mass is 449 g/mol. The molecule has 0 unspecified atom stereocenters. The summed E-state index contributed by atoms with van der Waals surface area (Å²) in [5.74, 6) is 2.12. The number of anilines is 1. The molecule has 1 N–H and O–H groups in total. The summed E-state index contributed by atoms with van der Waals surface area (Å²) in [7, 11) is 2.17. The largest absolute Gasteiger partial charge is 0.491 e. The number of nitrogens with one attached hydrogen (secondary N) is 1. The number of fused-ring (bicyclic) bond motifs is 2. The van der Waals surface area contributed by atoms with Gasteiger partial charge in [-0.1, -0.05) is 50.2 Å².